The molecular weight excluding hydrogens is 448 g/mol. The number of hydrogen-bond acceptors (Lipinski definition) is 5. The number of carbonyl (C=O) groups excluding carboxylic acids is 2. The molecule has 180 valence electrons. The maximum atomic E-state index is 12.8. The standard InChI is InChI=1S/C27H26N2O6/c30-25(28-17-7-5-6-16(14-17)26(31)32)24-23(12-13-34-24)29-27(33)35-15-22-20-10-3-1-8-18(20)19-9-2-4-11-21(19)22/h1-4,8-13,16-17,22H,5-7,14-15H2,(H,28,30)(H,29,33)(H,31,32). The number of nitrogens with one attached hydrogen (secondary N) is 2. The van der Waals surface area contributed by atoms with Gasteiger partial charge in [-0.3, -0.25) is 14.9 Å². The molecule has 0 radical (unpaired) electrons. The number of carboxylic acid groups (broad SMARTS) is 1. The van der Waals surface area contributed by atoms with Crippen LogP contribution in [0.1, 0.15) is 53.3 Å². The summed E-state index contributed by atoms with van der Waals surface area (Å²) in [4.78, 5) is 36.6. The first kappa shape index (κ1) is 22.7. The van der Waals surface area contributed by atoms with Gasteiger partial charge in [0.2, 0.25) is 5.76 Å². The molecule has 3 aromatic rings. The average molecular weight is 475 g/mol. The van der Waals surface area contributed by atoms with Crippen LogP contribution in [-0.2, 0) is 9.53 Å². The Morgan fingerprint density at radius 3 is 2.34 bits per heavy atom. The molecule has 0 saturated heterocycles. The first-order chi connectivity index (χ1) is 17.0. The van der Waals surface area contributed by atoms with Gasteiger partial charge in [0, 0.05) is 18.0 Å². The smallest absolute Gasteiger partial charge is 0.411 e. The van der Waals surface area contributed by atoms with Gasteiger partial charge in [-0.1, -0.05) is 55.0 Å². The number of hydrogen-bond donors (Lipinski definition) is 3. The molecule has 5 rings (SSSR count). The highest BCUT2D eigenvalue weighted by Crippen LogP contribution is 2.44. The lowest BCUT2D eigenvalue weighted by molar-refractivity contribution is -0.143. The second-order valence-electron chi connectivity index (χ2n) is 8.99. The predicted octanol–water partition coefficient (Wildman–Crippen LogP) is 5.01. The van der Waals surface area contributed by atoms with Gasteiger partial charge in [-0.05, 0) is 41.5 Å². The molecule has 2 atom stereocenters. The quantitative estimate of drug-likeness (QED) is 0.462. The van der Waals surface area contributed by atoms with Crippen LogP contribution in [0.25, 0.3) is 11.1 Å². The lowest BCUT2D eigenvalue weighted by Crippen LogP contribution is -2.40. The number of rotatable bonds is 6. The number of fused-ring (bicyclic) bond motifs is 3. The molecule has 3 N–H and O–H groups in total. The third-order valence-corrected chi connectivity index (χ3v) is 6.81. The van der Waals surface area contributed by atoms with Gasteiger partial charge in [0.15, 0.2) is 0 Å². The minimum absolute atomic E-state index is 0.0454. The first-order valence-corrected chi connectivity index (χ1v) is 11.7. The Labute approximate surface area is 202 Å². The van der Waals surface area contributed by atoms with Crippen molar-refractivity contribution in [1.82, 2.24) is 5.32 Å². The SMILES string of the molecule is O=C(Nc1ccoc1C(=O)NC1CCCC(C(=O)O)C1)OCC1c2ccccc2-c2ccccc21. The monoisotopic (exact) mass is 474 g/mol. The maximum absolute atomic E-state index is 12.8. The van der Waals surface area contributed by atoms with Crippen molar-refractivity contribution in [2.45, 2.75) is 37.6 Å². The molecule has 0 aliphatic heterocycles. The Balaban J connectivity index is 1.21. The second-order valence-corrected chi connectivity index (χ2v) is 8.99. The number of aliphatic carboxylic acids is 1. The molecule has 0 bridgehead atoms. The van der Waals surface area contributed by atoms with Gasteiger partial charge < -0.3 is 19.6 Å². The van der Waals surface area contributed by atoms with Crippen LogP contribution in [0.3, 0.4) is 0 Å². The summed E-state index contributed by atoms with van der Waals surface area (Å²) >= 11 is 0. The molecule has 1 fully saturated rings. The molecule has 2 amide bonds. The molecule has 35 heavy (non-hydrogen) atoms. The summed E-state index contributed by atoms with van der Waals surface area (Å²) in [6.45, 7) is 0.151. The molecule has 1 aromatic heterocycles. The third kappa shape index (κ3) is 4.64. The topological polar surface area (TPSA) is 118 Å². The van der Waals surface area contributed by atoms with E-state index in [-0.39, 0.29) is 30.0 Å². The number of carboxylic acids is 1. The molecule has 2 aliphatic rings. The minimum Gasteiger partial charge on any atom is -0.481 e. The Morgan fingerprint density at radius 2 is 1.66 bits per heavy atom. The number of benzene rings is 2. The lowest BCUT2D eigenvalue weighted by atomic mass is 9.86. The van der Waals surface area contributed by atoms with E-state index in [2.05, 4.69) is 22.8 Å². The average Bonchev–Trinajstić information content (AvgIpc) is 3.45. The lowest BCUT2D eigenvalue weighted by Gasteiger charge is -2.27. The summed E-state index contributed by atoms with van der Waals surface area (Å²) in [5.41, 5.74) is 4.69. The van der Waals surface area contributed by atoms with Crippen LogP contribution in [0.15, 0.2) is 65.3 Å². The first-order valence-electron chi connectivity index (χ1n) is 11.7. The molecule has 8 heteroatoms. The van der Waals surface area contributed by atoms with Crippen molar-refractivity contribution >= 4 is 23.7 Å². The van der Waals surface area contributed by atoms with Gasteiger partial charge in [-0.2, -0.15) is 0 Å². The molecule has 2 aliphatic carbocycles. The van der Waals surface area contributed by atoms with Gasteiger partial charge in [0.25, 0.3) is 5.91 Å². The Hall–Kier alpha value is -4.07. The minimum atomic E-state index is -0.848. The fraction of sp³-hybridized carbons (Fsp3) is 0.296. The molecule has 1 heterocycles. The maximum Gasteiger partial charge on any atom is 0.411 e. The highest BCUT2D eigenvalue weighted by atomic mass is 16.5. The highest BCUT2D eigenvalue weighted by Gasteiger charge is 2.31. The van der Waals surface area contributed by atoms with Crippen LogP contribution in [0.2, 0.25) is 0 Å². The molecule has 8 nitrogen and oxygen atoms in total. The van der Waals surface area contributed by atoms with Gasteiger partial charge >= 0.3 is 12.1 Å². The van der Waals surface area contributed by atoms with Crippen LogP contribution in [0.4, 0.5) is 10.5 Å². The van der Waals surface area contributed by atoms with Gasteiger partial charge in [-0.15, -0.1) is 0 Å². The third-order valence-electron chi connectivity index (χ3n) is 6.81. The molecular formula is C27H26N2O6. The van der Waals surface area contributed by atoms with Gasteiger partial charge in [-0.25, -0.2) is 4.79 Å². The van der Waals surface area contributed by atoms with Crippen molar-refractivity contribution in [3.05, 3.63) is 77.7 Å². The van der Waals surface area contributed by atoms with Crippen molar-refractivity contribution in [2.75, 3.05) is 11.9 Å². The number of furan rings is 1. The molecule has 0 spiro atoms. The van der Waals surface area contributed by atoms with Crippen molar-refractivity contribution in [1.29, 1.82) is 0 Å². The summed E-state index contributed by atoms with van der Waals surface area (Å²) < 4.78 is 10.9. The Bertz CT molecular complexity index is 1220. The number of carbonyl (C=O) groups is 3. The van der Waals surface area contributed by atoms with Gasteiger partial charge in [0.1, 0.15) is 6.61 Å². The number of amides is 2. The van der Waals surface area contributed by atoms with E-state index < -0.39 is 23.9 Å². The molecule has 2 unspecified atom stereocenters. The van der Waals surface area contributed by atoms with Crippen molar-refractivity contribution in [3.63, 3.8) is 0 Å². The summed E-state index contributed by atoms with van der Waals surface area (Å²) in [5.74, 6) is -1.94. The van der Waals surface area contributed by atoms with E-state index in [0.717, 1.165) is 28.7 Å². The van der Waals surface area contributed by atoms with Crippen molar-refractivity contribution < 1.29 is 28.6 Å². The second kappa shape index (κ2) is 9.66. The van der Waals surface area contributed by atoms with Crippen LogP contribution >= 0.6 is 0 Å². The highest BCUT2D eigenvalue weighted by molar-refractivity contribution is 6.00. The number of anilines is 1. The van der Waals surface area contributed by atoms with E-state index in [1.165, 1.54) is 12.3 Å². The van der Waals surface area contributed by atoms with Crippen molar-refractivity contribution in [3.8, 4) is 11.1 Å². The van der Waals surface area contributed by atoms with E-state index in [9.17, 15) is 19.5 Å². The fourth-order valence-corrected chi connectivity index (χ4v) is 5.12. The summed E-state index contributed by atoms with van der Waals surface area (Å²) in [7, 11) is 0. The van der Waals surface area contributed by atoms with Crippen LogP contribution in [-0.4, -0.2) is 35.7 Å². The van der Waals surface area contributed by atoms with Crippen molar-refractivity contribution in [2.24, 2.45) is 5.92 Å². The zero-order valence-corrected chi connectivity index (χ0v) is 19.0. The van der Waals surface area contributed by atoms with E-state index in [1.54, 1.807) is 0 Å². The van der Waals surface area contributed by atoms with Crippen LogP contribution in [0.5, 0.6) is 0 Å². The predicted molar refractivity (Wildman–Crippen MR) is 128 cm³/mol. The van der Waals surface area contributed by atoms with Crippen LogP contribution in [0, 0.1) is 5.92 Å². The number of ether oxygens (including phenoxy) is 1. The molecule has 1 saturated carbocycles. The normalized spacial score (nSPS) is 18.9. The van der Waals surface area contributed by atoms with E-state index >= 15 is 0 Å². The zero-order chi connectivity index (χ0) is 24.4. The van der Waals surface area contributed by atoms with E-state index in [0.29, 0.717) is 19.3 Å². The zero-order valence-electron chi connectivity index (χ0n) is 19.0. The van der Waals surface area contributed by atoms with Crippen LogP contribution < -0.4 is 10.6 Å². The summed E-state index contributed by atoms with van der Waals surface area (Å²) in [6.07, 6.45) is 3.03. The van der Waals surface area contributed by atoms with E-state index in [1.807, 2.05) is 36.4 Å². The summed E-state index contributed by atoms with van der Waals surface area (Å²) in [6, 6.07) is 17.4. The van der Waals surface area contributed by atoms with E-state index in [4.69, 9.17) is 9.15 Å². The summed E-state index contributed by atoms with van der Waals surface area (Å²) in [5, 5.41) is 14.7. The largest absolute Gasteiger partial charge is 0.481 e. The molecule has 2 aromatic carbocycles. The Morgan fingerprint density at radius 1 is 0.971 bits per heavy atom. The van der Waals surface area contributed by atoms with Gasteiger partial charge in [0.05, 0.1) is 17.9 Å². The fourth-order valence-electron chi connectivity index (χ4n) is 5.12. The Kier molecular flexibility index (Phi) is 6.27.